The molecule has 1 aromatic heterocycles. The maximum Gasteiger partial charge on any atom is 0.225 e. The van der Waals surface area contributed by atoms with Gasteiger partial charge in [0.05, 0.1) is 7.11 Å². The fraction of sp³-hybridized carbons (Fsp3) is 0.714. The van der Waals surface area contributed by atoms with Gasteiger partial charge in [-0.15, -0.1) is 0 Å². The molecule has 2 bridgehead atoms. The lowest BCUT2D eigenvalue weighted by Crippen LogP contribution is -2.52. The summed E-state index contributed by atoms with van der Waals surface area (Å²) in [6, 6.07) is 3.66. The van der Waals surface area contributed by atoms with Crippen molar-refractivity contribution in [2.75, 3.05) is 25.2 Å². The summed E-state index contributed by atoms with van der Waals surface area (Å²) in [6.45, 7) is 0. The van der Waals surface area contributed by atoms with Gasteiger partial charge in [0.1, 0.15) is 5.82 Å². The second-order valence-electron chi connectivity index (χ2n) is 5.87. The topological polar surface area (TPSA) is 76.3 Å². The number of hydrogen-bond donors (Lipinski definition) is 2. The standard InChI is InChI=1S/C14H23N5O/c1-19-10-4-3-5-11(19)7-9(6-10)16-12-8-13(20-2)18-14(15)17-12/h8-11H,3-7H2,1-2H3,(H3,15,16,17,18). The highest BCUT2D eigenvalue weighted by atomic mass is 16.5. The Hall–Kier alpha value is -1.56. The van der Waals surface area contributed by atoms with E-state index < -0.39 is 0 Å². The quantitative estimate of drug-likeness (QED) is 0.872. The highest BCUT2D eigenvalue weighted by Gasteiger charge is 2.35. The molecular weight excluding hydrogens is 254 g/mol. The third-order valence-electron chi connectivity index (χ3n) is 4.62. The van der Waals surface area contributed by atoms with Gasteiger partial charge in [0, 0.05) is 24.2 Å². The van der Waals surface area contributed by atoms with Crippen molar-refractivity contribution in [2.45, 2.75) is 50.2 Å². The van der Waals surface area contributed by atoms with Gasteiger partial charge in [-0.1, -0.05) is 6.42 Å². The molecule has 2 aliphatic rings. The molecule has 0 amide bonds. The summed E-state index contributed by atoms with van der Waals surface area (Å²) < 4.78 is 5.14. The minimum absolute atomic E-state index is 0.250. The van der Waals surface area contributed by atoms with Crippen LogP contribution in [0.25, 0.3) is 0 Å². The van der Waals surface area contributed by atoms with Gasteiger partial charge in [-0.25, -0.2) is 0 Å². The molecule has 2 saturated heterocycles. The largest absolute Gasteiger partial charge is 0.481 e. The highest BCUT2D eigenvalue weighted by Crippen LogP contribution is 2.33. The van der Waals surface area contributed by atoms with Gasteiger partial charge in [0.2, 0.25) is 11.8 Å². The predicted octanol–water partition coefficient (Wildman–Crippen LogP) is 1.49. The van der Waals surface area contributed by atoms with Crippen molar-refractivity contribution in [3.63, 3.8) is 0 Å². The van der Waals surface area contributed by atoms with Crippen molar-refractivity contribution in [1.82, 2.24) is 14.9 Å². The molecule has 0 aliphatic carbocycles. The molecule has 0 spiro atoms. The zero-order valence-corrected chi connectivity index (χ0v) is 12.2. The van der Waals surface area contributed by atoms with Crippen LogP contribution in [0.15, 0.2) is 6.07 Å². The third-order valence-corrected chi connectivity index (χ3v) is 4.62. The van der Waals surface area contributed by atoms with E-state index in [9.17, 15) is 0 Å². The normalized spacial score (nSPS) is 30.0. The molecular formula is C14H23N5O. The van der Waals surface area contributed by atoms with Crippen LogP contribution in [0.4, 0.5) is 11.8 Å². The van der Waals surface area contributed by atoms with Crippen LogP contribution in [0.3, 0.4) is 0 Å². The summed E-state index contributed by atoms with van der Waals surface area (Å²) in [5.74, 6) is 1.52. The Morgan fingerprint density at radius 3 is 2.65 bits per heavy atom. The predicted molar refractivity (Wildman–Crippen MR) is 78.8 cm³/mol. The molecule has 2 atom stereocenters. The molecule has 2 fully saturated rings. The van der Waals surface area contributed by atoms with E-state index in [2.05, 4.69) is 27.2 Å². The molecule has 0 saturated carbocycles. The average Bonchev–Trinajstić information content (AvgIpc) is 2.39. The first kappa shape index (κ1) is 13.4. The maximum absolute atomic E-state index is 5.70. The van der Waals surface area contributed by atoms with Gasteiger partial charge in [-0.3, -0.25) is 0 Å². The van der Waals surface area contributed by atoms with E-state index in [0.717, 1.165) is 5.82 Å². The van der Waals surface area contributed by atoms with Crippen molar-refractivity contribution < 1.29 is 4.74 Å². The molecule has 2 aliphatic heterocycles. The zero-order valence-electron chi connectivity index (χ0n) is 12.2. The van der Waals surface area contributed by atoms with Crippen LogP contribution in [-0.2, 0) is 0 Å². The van der Waals surface area contributed by atoms with E-state index in [-0.39, 0.29) is 5.95 Å². The number of rotatable bonds is 3. The number of anilines is 2. The van der Waals surface area contributed by atoms with Gasteiger partial charge >= 0.3 is 0 Å². The van der Waals surface area contributed by atoms with Gasteiger partial charge in [0.15, 0.2) is 0 Å². The number of nitrogens with two attached hydrogens (primary N) is 1. The number of fused-ring (bicyclic) bond motifs is 2. The first-order valence-electron chi connectivity index (χ1n) is 7.32. The monoisotopic (exact) mass is 277 g/mol. The number of nitrogens with one attached hydrogen (secondary N) is 1. The zero-order chi connectivity index (χ0) is 14.1. The minimum atomic E-state index is 0.250. The molecule has 1 aromatic rings. The SMILES string of the molecule is COc1cc(NC2CC3CCCC(C2)N3C)nc(N)n1. The van der Waals surface area contributed by atoms with Crippen molar-refractivity contribution >= 4 is 11.8 Å². The second-order valence-corrected chi connectivity index (χ2v) is 5.87. The van der Waals surface area contributed by atoms with Crippen molar-refractivity contribution in [1.29, 1.82) is 0 Å². The van der Waals surface area contributed by atoms with E-state index in [1.54, 1.807) is 7.11 Å². The average molecular weight is 277 g/mol. The van der Waals surface area contributed by atoms with E-state index >= 15 is 0 Å². The Labute approximate surface area is 119 Å². The molecule has 3 heterocycles. The smallest absolute Gasteiger partial charge is 0.225 e. The number of piperidine rings is 2. The van der Waals surface area contributed by atoms with Crippen LogP contribution in [-0.4, -0.2) is 47.2 Å². The van der Waals surface area contributed by atoms with Crippen LogP contribution >= 0.6 is 0 Å². The van der Waals surface area contributed by atoms with Crippen LogP contribution < -0.4 is 15.8 Å². The van der Waals surface area contributed by atoms with Crippen LogP contribution in [0.2, 0.25) is 0 Å². The molecule has 2 unspecified atom stereocenters. The molecule has 20 heavy (non-hydrogen) atoms. The first-order chi connectivity index (χ1) is 9.65. The third kappa shape index (κ3) is 2.65. The minimum Gasteiger partial charge on any atom is -0.481 e. The number of aromatic nitrogens is 2. The van der Waals surface area contributed by atoms with Crippen LogP contribution in [0.5, 0.6) is 5.88 Å². The van der Waals surface area contributed by atoms with Crippen LogP contribution in [0.1, 0.15) is 32.1 Å². The number of ether oxygens (including phenoxy) is 1. The summed E-state index contributed by atoms with van der Waals surface area (Å²) in [5.41, 5.74) is 5.70. The number of nitrogens with zero attached hydrogens (tertiary/aromatic N) is 3. The molecule has 0 radical (unpaired) electrons. The molecule has 0 aromatic carbocycles. The number of nitrogen functional groups attached to an aromatic ring is 1. The Morgan fingerprint density at radius 1 is 1.30 bits per heavy atom. The maximum atomic E-state index is 5.70. The molecule has 110 valence electrons. The lowest BCUT2D eigenvalue weighted by Gasteiger charge is -2.47. The Morgan fingerprint density at radius 2 is 2.00 bits per heavy atom. The van der Waals surface area contributed by atoms with Crippen molar-refractivity contribution in [2.24, 2.45) is 0 Å². The Bertz CT molecular complexity index is 467. The van der Waals surface area contributed by atoms with Gasteiger partial charge in [-0.05, 0) is 32.7 Å². The summed E-state index contributed by atoms with van der Waals surface area (Å²) >= 11 is 0. The van der Waals surface area contributed by atoms with E-state index in [1.807, 2.05) is 6.07 Å². The lowest BCUT2D eigenvalue weighted by molar-refractivity contribution is 0.0608. The van der Waals surface area contributed by atoms with Gasteiger partial charge < -0.3 is 20.7 Å². The fourth-order valence-electron chi connectivity index (χ4n) is 3.56. The molecule has 3 rings (SSSR count). The summed E-state index contributed by atoms with van der Waals surface area (Å²) in [4.78, 5) is 10.8. The van der Waals surface area contributed by atoms with Crippen molar-refractivity contribution in [3.8, 4) is 5.88 Å². The number of hydrogen-bond acceptors (Lipinski definition) is 6. The lowest BCUT2D eigenvalue weighted by atomic mass is 9.82. The highest BCUT2D eigenvalue weighted by molar-refractivity contribution is 5.43. The number of methoxy groups -OCH3 is 1. The molecule has 3 N–H and O–H groups in total. The Kier molecular flexibility index (Phi) is 3.65. The molecule has 6 nitrogen and oxygen atoms in total. The summed E-state index contributed by atoms with van der Waals surface area (Å²) in [6.07, 6.45) is 6.31. The molecule has 6 heteroatoms. The van der Waals surface area contributed by atoms with Crippen molar-refractivity contribution in [3.05, 3.63) is 6.07 Å². The van der Waals surface area contributed by atoms with Gasteiger partial charge in [-0.2, -0.15) is 9.97 Å². The second kappa shape index (κ2) is 5.44. The van der Waals surface area contributed by atoms with Crippen LogP contribution in [0, 0.1) is 0 Å². The van der Waals surface area contributed by atoms with E-state index in [0.29, 0.717) is 24.0 Å². The first-order valence-corrected chi connectivity index (χ1v) is 7.32. The van der Waals surface area contributed by atoms with E-state index in [1.165, 1.54) is 32.1 Å². The summed E-state index contributed by atoms with van der Waals surface area (Å²) in [7, 11) is 3.85. The van der Waals surface area contributed by atoms with E-state index in [4.69, 9.17) is 10.5 Å². The van der Waals surface area contributed by atoms with Gasteiger partial charge in [0.25, 0.3) is 0 Å². The summed E-state index contributed by atoms with van der Waals surface area (Å²) in [5, 5.41) is 3.51. The Balaban J connectivity index is 1.70. The fourth-order valence-corrected chi connectivity index (χ4v) is 3.56.